The van der Waals surface area contributed by atoms with Gasteiger partial charge in [0.05, 0.1) is 17.2 Å². The molecule has 1 aliphatic heterocycles. The van der Waals surface area contributed by atoms with Crippen molar-refractivity contribution in [1.82, 2.24) is 9.62 Å². The number of aliphatic hydroxyl groups excluding tert-OH is 1. The van der Waals surface area contributed by atoms with Crippen LogP contribution in [0.15, 0.2) is 88.9 Å². The van der Waals surface area contributed by atoms with E-state index in [1.165, 1.54) is 26.2 Å². The number of hydrogen-bond donors (Lipinski definition) is 3. The highest BCUT2D eigenvalue weighted by atomic mass is 32.2. The third-order valence-corrected chi connectivity index (χ3v) is 8.20. The van der Waals surface area contributed by atoms with Gasteiger partial charge in [-0.3, -0.25) is 9.59 Å². The topological polar surface area (TPSA) is 147 Å². The molecule has 1 heterocycles. The zero-order chi connectivity index (χ0) is 29.4. The Morgan fingerprint density at radius 1 is 1.02 bits per heavy atom. The van der Waals surface area contributed by atoms with Gasteiger partial charge < -0.3 is 25.3 Å². The molecule has 4 rings (SSSR count). The van der Waals surface area contributed by atoms with Crippen LogP contribution in [-0.2, 0) is 24.4 Å². The van der Waals surface area contributed by atoms with Crippen LogP contribution in [0.4, 0.5) is 5.69 Å². The highest BCUT2D eigenvalue weighted by molar-refractivity contribution is 7.89. The van der Waals surface area contributed by atoms with E-state index in [1.807, 2.05) is 30.3 Å². The van der Waals surface area contributed by atoms with Crippen LogP contribution in [0.3, 0.4) is 0 Å². The first-order valence-electron chi connectivity index (χ1n) is 12.9. The van der Waals surface area contributed by atoms with Crippen molar-refractivity contribution < 1.29 is 32.7 Å². The fourth-order valence-electron chi connectivity index (χ4n) is 4.36. The first-order valence-corrected chi connectivity index (χ1v) is 14.3. The second-order valence-electron chi connectivity index (χ2n) is 9.42. The number of benzene rings is 3. The molecule has 0 aromatic heterocycles. The Hall–Kier alpha value is -4.26. The Labute approximate surface area is 238 Å². The van der Waals surface area contributed by atoms with E-state index in [0.717, 1.165) is 15.4 Å². The van der Waals surface area contributed by atoms with Crippen molar-refractivity contribution in [2.24, 2.45) is 5.16 Å². The van der Waals surface area contributed by atoms with E-state index in [0.29, 0.717) is 17.1 Å². The normalized spacial score (nSPS) is 17.1. The van der Waals surface area contributed by atoms with Gasteiger partial charge in [0.1, 0.15) is 31.6 Å². The number of carbonyl (C=O) groups excluding carboxylic acids is 2. The van der Waals surface area contributed by atoms with Crippen LogP contribution in [0, 0.1) is 0 Å². The van der Waals surface area contributed by atoms with Gasteiger partial charge in [-0.05, 0) is 47.5 Å². The number of hydrogen-bond acceptors (Lipinski definition) is 8. The number of nitrogens with zero attached hydrogens (tertiary/aromatic N) is 2. The third kappa shape index (κ3) is 7.69. The Bertz CT molecular complexity index is 1480. The minimum Gasteiger partial charge on any atom is -0.491 e. The van der Waals surface area contributed by atoms with Crippen LogP contribution in [-0.4, -0.2) is 74.3 Å². The van der Waals surface area contributed by atoms with Gasteiger partial charge in [-0.15, -0.1) is 0 Å². The molecule has 1 saturated heterocycles. The molecule has 1 aliphatic rings. The Kier molecular flexibility index (Phi) is 9.71. The van der Waals surface area contributed by atoms with Crippen molar-refractivity contribution >= 4 is 33.2 Å². The predicted molar refractivity (Wildman–Crippen MR) is 154 cm³/mol. The molecule has 0 radical (unpaired) electrons. The summed E-state index contributed by atoms with van der Waals surface area (Å²) in [5, 5.41) is 19.5. The summed E-state index contributed by atoms with van der Waals surface area (Å²) >= 11 is 0. The van der Waals surface area contributed by atoms with Gasteiger partial charge in [-0.2, -0.15) is 4.31 Å². The minimum absolute atomic E-state index is 0.0478. The molecule has 1 fully saturated rings. The van der Waals surface area contributed by atoms with Crippen LogP contribution >= 0.6 is 0 Å². The molecule has 0 bridgehead atoms. The van der Waals surface area contributed by atoms with Crippen LogP contribution in [0.5, 0.6) is 5.75 Å². The van der Waals surface area contributed by atoms with E-state index in [4.69, 9.17) is 9.57 Å². The van der Waals surface area contributed by atoms with Crippen molar-refractivity contribution in [3.05, 3.63) is 78.9 Å². The fourth-order valence-corrected chi connectivity index (χ4v) is 5.94. The molecule has 11 nitrogen and oxygen atoms in total. The quantitative estimate of drug-likeness (QED) is 0.296. The Morgan fingerprint density at radius 3 is 2.32 bits per heavy atom. The number of ether oxygens (including phenoxy) is 1. The van der Waals surface area contributed by atoms with Crippen molar-refractivity contribution in [2.75, 3.05) is 32.1 Å². The molecule has 3 aromatic carbocycles. The maximum absolute atomic E-state index is 13.6. The van der Waals surface area contributed by atoms with Gasteiger partial charge in [-0.1, -0.05) is 47.6 Å². The van der Waals surface area contributed by atoms with E-state index >= 15 is 0 Å². The molecule has 2 amide bonds. The molecule has 0 spiro atoms. The van der Waals surface area contributed by atoms with Crippen LogP contribution in [0.25, 0.3) is 11.1 Å². The monoisotopic (exact) mass is 580 g/mol. The summed E-state index contributed by atoms with van der Waals surface area (Å²) in [5.74, 6) is -0.300. The van der Waals surface area contributed by atoms with E-state index in [1.54, 1.807) is 36.4 Å². The van der Waals surface area contributed by atoms with E-state index in [9.17, 15) is 23.1 Å². The molecule has 2 atom stereocenters. The lowest BCUT2D eigenvalue weighted by Crippen LogP contribution is -2.48. The fraction of sp³-hybridized carbons (Fsp3) is 0.276. The lowest BCUT2D eigenvalue weighted by molar-refractivity contribution is -0.124. The van der Waals surface area contributed by atoms with Gasteiger partial charge in [-0.25, -0.2) is 8.42 Å². The number of oxime groups is 1. The summed E-state index contributed by atoms with van der Waals surface area (Å²) in [5.41, 5.74) is 2.83. The van der Waals surface area contributed by atoms with E-state index in [-0.39, 0.29) is 36.9 Å². The Morgan fingerprint density at radius 2 is 1.68 bits per heavy atom. The molecule has 0 saturated carbocycles. The number of nitrogens with one attached hydrogen (secondary N) is 2. The average Bonchev–Trinajstić information content (AvgIpc) is 3.41. The van der Waals surface area contributed by atoms with Gasteiger partial charge in [0, 0.05) is 25.6 Å². The van der Waals surface area contributed by atoms with Crippen LogP contribution in [0.1, 0.15) is 13.3 Å². The summed E-state index contributed by atoms with van der Waals surface area (Å²) in [6, 6.07) is 21.6. The first-order chi connectivity index (χ1) is 19.7. The summed E-state index contributed by atoms with van der Waals surface area (Å²) < 4.78 is 33.8. The second kappa shape index (κ2) is 13.4. The highest BCUT2D eigenvalue weighted by Crippen LogP contribution is 2.28. The largest absolute Gasteiger partial charge is 0.491 e. The van der Waals surface area contributed by atoms with Crippen molar-refractivity contribution in [3.8, 4) is 16.9 Å². The zero-order valence-electron chi connectivity index (χ0n) is 22.7. The number of rotatable bonds is 11. The van der Waals surface area contributed by atoms with Crippen LogP contribution < -0.4 is 15.4 Å². The smallest absolute Gasteiger partial charge is 0.244 e. The molecule has 41 heavy (non-hydrogen) atoms. The molecule has 0 unspecified atom stereocenters. The highest BCUT2D eigenvalue weighted by Gasteiger charge is 2.42. The zero-order valence-corrected chi connectivity index (χ0v) is 23.5. The molecule has 3 aromatic rings. The van der Waals surface area contributed by atoms with Gasteiger partial charge in [0.2, 0.25) is 21.8 Å². The molecule has 216 valence electrons. The third-order valence-electron chi connectivity index (χ3n) is 6.34. The lowest BCUT2D eigenvalue weighted by atomic mass is 10.1. The molecule has 3 N–H and O–H groups in total. The van der Waals surface area contributed by atoms with Crippen molar-refractivity contribution in [1.29, 1.82) is 0 Å². The number of sulfonamides is 1. The predicted octanol–water partition coefficient (Wildman–Crippen LogP) is 2.63. The Balaban J connectivity index is 1.39. The van der Waals surface area contributed by atoms with Crippen LogP contribution in [0.2, 0.25) is 0 Å². The maximum Gasteiger partial charge on any atom is 0.244 e. The number of amides is 2. The van der Waals surface area contributed by atoms with Crippen molar-refractivity contribution in [3.63, 3.8) is 0 Å². The summed E-state index contributed by atoms with van der Waals surface area (Å²) in [7, 11) is -2.70. The number of aliphatic hydroxyl groups is 1. The number of carbonyl (C=O) groups is 2. The molecule has 12 heteroatoms. The van der Waals surface area contributed by atoms with Crippen molar-refractivity contribution in [2.45, 2.75) is 30.4 Å². The molecular weight excluding hydrogens is 548 g/mol. The summed E-state index contributed by atoms with van der Waals surface area (Å²) in [6.07, 6.45) is -1.01. The summed E-state index contributed by atoms with van der Waals surface area (Å²) in [4.78, 5) is 29.2. The number of anilines is 1. The second-order valence-corrected chi connectivity index (χ2v) is 11.3. The average molecular weight is 581 g/mol. The molecular formula is C29H32N4O7S. The lowest BCUT2D eigenvalue weighted by Gasteiger charge is -2.23. The standard InChI is InChI=1S/C29H32N4O7S/c1-20(34)31-23-10-12-26(13-11-23)40-19-25(35)17-30-29(36)28-16-24(32-39-2)18-33(28)41(37,38)27-14-8-22(9-15-27)21-6-4-3-5-7-21/h3-15,25,28,35H,16-19H2,1-2H3,(H,30,36)(H,31,34)/b32-24+/t25-,28-/m0/s1. The van der Waals surface area contributed by atoms with Gasteiger partial charge in [0.15, 0.2) is 0 Å². The van der Waals surface area contributed by atoms with Gasteiger partial charge in [0.25, 0.3) is 0 Å². The molecule has 0 aliphatic carbocycles. The van der Waals surface area contributed by atoms with E-state index < -0.39 is 28.1 Å². The summed E-state index contributed by atoms with van der Waals surface area (Å²) in [6.45, 7) is 1.03. The first kappa shape index (κ1) is 29.7. The minimum atomic E-state index is -4.06. The SMILES string of the molecule is CO/N=C1\C[C@@H](C(=O)NC[C@H](O)COc2ccc(NC(C)=O)cc2)N(S(=O)(=O)c2ccc(-c3ccccc3)cc2)C1. The van der Waals surface area contributed by atoms with Gasteiger partial charge >= 0.3 is 0 Å². The maximum atomic E-state index is 13.6. The van der Waals surface area contributed by atoms with E-state index in [2.05, 4.69) is 15.8 Å².